The van der Waals surface area contributed by atoms with Crippen molar-refractivity contribution in [3.8, 4) is 0 Å². The smallest absolute Gasteiger partial charge is 0.0520 e. The molecule has 10 heavy (non-hydrogen) atoms. The molecule has 0 heterocycles. The largest absolute Gasteiger partial charge is 0.393 e. The molecule has 0 amide bonds. The van der Waals surface area contributed by atoms with Gasteiger partial charge in [0.1, 0.15) is 0 Å². The third-order valence-corrected chi connectivity index (χ3v) is 2.50. The summed E-state index contributed by atoms with van der Waals surface area (Å²) in [5.74, 6) is 1.01. The molecule has 0 aliphatic carbocycles. The molecule has 0 aromatic rings. The fourth-order valence-corrected chi connectivity index (χ4v) is 1.52. The maximum absolute atomic E-state index is 8.89. The van der Waals surface area contributed by atoms with Crippen LogP contribution in [0.4, 0.5) is 0 Å². The van der Waals surface area contributed by atoms with E-state index in [9.17, 15) is 0 Å². The number of nitrogens with two attached hydrogens (primary N) is 1. The molecule has 0 radical (unpaired) electrons. The molecule has 0 fully saturated rings. The molecular formula is C7H17NOS. The van der Waals surface area contributed by atoms with E-state index in [1.54, 1.807) is 0 Å². The molecule has 0 aliphatic rings. The van der Waals surface area contributed by atoms with Crippen molar-refractivity contribution in [2.24, 2.45) is 5.73 Å². The minimum Gasteiger partial charge on any atom is -0.393 e. The monoisotopic (exact) mass is 163 g/mol. The molecule has 0 rings (SSSR count). The summed E-state index contributed by atoms with van der Waals surface area (Å²) in [5, 5.41) is 9.42. The molecule has 62 valence electrons. The molecule has 2 nitrogen and oxygen atoms in total. The number of rotatable bonds is 5. The Morgan fingerprint density at radius 3 is 2.50 bits per heavy atom. The van der Waals surface area contributed by atoms with Crippen molar-refractivity contribution in [1.82, 2.24) is 0 Å². The lowest BCUT2D eigenvalue weighted by Crippen LogP contribution is -2.14. The summed E-state index contributed by atoms with van der Waals surface area (Å²) < 4.78 is 0. The lowest BCUT2D eigenvalue weighted by Gasteiger charge is -2.08. The molecule has 2 unspecified atom stereocenters. The summed E-state index contributed by atoms with van der Waals surface area (Å²) >= 11 is 1.82. The normalized spacial score (nSPS) is 16.8. The summed E-state index contributed by atoms with van der Waals surface area (Å²) in [6.07, 6.45) is 0.701. The van der Waals surface area contributed by atoms with Gasteiger partial charge in [0.2, 0.25) is 0 Å². The van der Waals surface area contributed by atoms with E-state index in [0.717, 1.165) is 18.7 Å². The van der Waals surface area contributed by atoms with E-state index < -0.39 is 0 Å². The van der Waals surface area contributed by atoms with Gasteiger partial charge in [-0.1, -0.05) is 6.92 Å². The summed E-state index contributed by atoms with van der Waals surface area (Å²) in [5.41, 5.74) is 5.41. The zero-order valence-electron chi connectivity index (χ0n) is 6.71. The molecule has 0 spiro atoms. The first-order valence-corrected chi connectivity index (χ1v) is 4.71. The van der Waals surface area contributed by atoms with Gasteiger partial charge >= 0.3 is 0 Å². The molecule has 2 atom stereocenters. The van der Waals surface area contributed by atoms with Crippen molar-refractivity contribution in [3.05, 3.63) is 0 Å². The van der Waals surface area contributed by atoms with Crippen LogP contribution in [0.5, 0.6) is 0 Å². The first-order chi connectivity index (χ1) is 4.66. The Labute approximate surface area is 67.2 Å². The molecule has 0 saturated carbocycles. The second kappa shape index (κ2) is 6.01. The zero-order chi connectivity index (χ0) is 7.98. The molecular weight excluding hydrogens is 146 g/mol. The van der Waals surface area contributed by atoms with Gasteiger partial charge in [-0.25, -0.2) is 0 Å². The van der Waals surface area contributed by atoms with Crippen LogP contribution in [0.25, 0.3) is 0 Å². The molecule has 0 saturated heterocycles. The van der Waals surface area contributed by atoms with Gasteiger partial charge in [0.15, 0.2) is 0 Å². The minimum atomic E-state index is -0.169. The van der Waals surface area contributed by atoms with E-state index in [4.69, 9.17) is 10.8 Å². The van der Waals surface area contributed by atoms with Gasteiger partial charge in [-0.3, -0.25) is 0 Å². The predicted octanol–water partition coefficient (Wildman–Crippen LogP) is 0.838. The Hall–Kier alpha value is 0.270. The maximum Gasteiger partial charge on any atom is 0.0520 e. The van der Waals surface area contributed by atoms with Crippen molar-refractivity contribution >= 4 is 11.8 Å². The van der Waals surface area contributed by atoms with Gasteiger partial charge in [0.05, 0.1) is 6.10 Å². The molecule has 0 aromatic heterocycles. The number of hydrogen-bond acceptors (Lipinski definition) is 3. The number of hydrogen-bond donors (Lipinski definition) is 2. The molecule has 3 N–H and O–H groups in total. The molecule has 0 aromatic carbocycles. The van der Waals surface area contributed by atoms with Crippen LogP contribution in [-0.2, 0) is 0 Å². The van der Waals surface area contributed by atoms with Crippen molar-refractivity contribution < 1.29 is 5.11 Å². The SMILES string of the molecule is CC(O)CCSC(C)CN. The third kappa shape index (κ3) is 6.39. The Morgan fingerprint density at radius 1 is 1.50 bits per heavy atom. The third-order valence-electron chi connectivity index (χ3n) is 1.27. The summed E-state index contributed by atoms with van der Waals surface area (Å²) in [4.78, 5) is 0. The number of aliphatic hydroxyl groups is 1. The second-order valence-electron chi connectivity index (χ2n) is 2.55. The number of thioether (sulfide) groups is 1. The lowest BCUT2D eigenvalue weighted by molar-refractivity contribution is 0.192. The van der Waals surface area contributed by atoms with E-state index in [0.29, 0.717) is 5.25 Å². The summed E-state index contributed by atoms with van der Waals surface area (Å²) in [6.45, 7) is 4.64. The predicted molar refractivity (Wildman–Crippen MR) is 47.3 cm³/mol. The van der Waals surface area contributed by atoms with Gasteiger partial charge in [0.25, 0.3) is 0 Å². The van der Waals surface area contributed by atoms with Gasteiger partial charge in [-0.05, 0) is 19.1 Å². The fourth-order valence-electron chi connectivity index (χ4n) is 0.508. The van der Waals surface area contributed by atoms with Crippen LogP contribution in [0.1, 0.15) is 20.3 Å². The Kier molecular flexibility index (Phi) is 6.17. The van der Waals surface area contributed by atoms with Crippen LogP contribution in [0, 0.1) is 0 Å². The van der Waals surface area contributed by atoms with Crippen LogP contribution in [0.2, 0.25) is 0 Å². The molecule has 3 heteroatoms. The van der Waals surface area contributed by atoms with Crippen LogP contribution >= 0.6 is 11.8 Å². The van der Waals surface area contributed by atoms with E-state index in [2.05, 4.69) is 6.92 Å². The number of aliphatic hydroxyl groups excluding tert-OH is 1. The zero-order valence-corrected chi connectivity index (χ0v) is 7.53. The standard InChI is InChI=1S/C7H17NOS/c1-6(9)3-4-10-7(2)5-8/h6-7,9H,3-5,8H2,1-2H3. The lowest BCUT2D eigenvalue weighted by atomic mass is 10.3. The Balaban J connectivity index is 3.03. The van der Waals surface area contributed by atoms with Crippen molar-refractivity contribution in [2.75, 3.05) is 12.3 Å². The van der Waals surface area contributed by atoms with Gasteiger partial charge in [-0.15, -0.1) is 0 Å². The van der Waals surface area contributed by atoms with E-state index >= 15 is 0 Å². The highest BCUT2D eigenvalue weighted by molar-refractivity contribution is 7.99. The highest BCUT2D eigenvalue weighted by Gasteiger charge is 2.00. The highest BCUT2D eigenvalue weighted by atomic mass is 32.2. The highest BCUT2D eigenvalue weighted by Crippen LogP contribution is 2.10. The van der Waals surface area contributed by atoms with E-state index in [1.807, 2.05) is 18.7 Å². The first-order valence-electron chi connectivity index (χ1n) is 3.66. The van der Waals surface area contributed by atoms with Crippen LogP contribution < -0.4 is 5.73 Å². The van der Waals surface area contributed by atoms with Gasteiger partial charge in [0, 0.05) is 11.8 Å². The van der Waals surface area contributed by atoms with Crippen LogP contribution in [0.15, 0.2) is 0 Å². The van der Waals surface area contributed by atoms with Gasteiger partial charge < -0.3 is 10.8 Å². The maximum atomic E-state index is 8.89. The van der Waals surface area contributed by atoms with Crippen LogP contribution in [0.3, 0.4) is 0 Å². The quantitative estimate of drug-likeness (QED) is 0.631. The Bertz CT molecular complexity index is 78.0. The van der Waals surface area contributed by atoms with Crippen molar-refractivity contribution in [2.45, 2.75) is 31.6 Å². The van der Waals surface area contributed by atoms with E-state index in [-0.39, 0.29) is 6.10 Å². The topological polar surface area (TPSA) is 46.2 Å². The van der Waals surface area contributed by atoms with Gasteiger partial charge in [-0.2, -0.15) is 11.8 Å². The summed E-state index contributed by atoms with van der Waals surface area (Å²) in [7, 11) is 0. The van der Waals surface area contributed by atoms with E-state index in [1.165, 1.54) is 0 Å². The average molecular weight is 163 g/mol. The fraction of sp³-hybridized carbons (Fsp3) is 1.00. The first kappa shape index (κ1) is 10.3. The molecule has 0 aliphatic heterocycles. The van der Waals surface area contributed by atoms with Crippen molar-refractivity contribution in [3.63, 3.8) is 0 Å². The van der Waals surface area contributed by atoms with Crippen LogP contribution in [-0.4, -0.2) is 28.8 Å². The molecule has 0 bridgehead atoms. The minimum absolute atomic E-state index is 0.169. The van der Waals surface area contributed by atoms with Crippen molar-refractivity contribution in [1.29, 1.82) is 0 Å². The Morgan fingerprint density at radius 2 is 2.10 bits per heavy atom. The summed E-state index contributed by atoms with van der Waals surface area (Å²) in [6, 6.07) is 0. The second-order valence-corrected chi connectivity index (χ2v) is 4.10. The average Bonchev–Trinajstić information content (AvgIpc) is 1.87.